The SMILES string of the molecule is CC(C)Cn1nccc1NC(=O)/C=C/c1cccc(F)c1. The van der Waals surface area contributed by atoms with E-state index < -0.39 is 0 Å². The van der Waals surface area contributed by atoms with Gasteiger partial charge in [0.2, 0.25) is 5.91 Å². The molecule has 0 unspecified atom stereocenters. The highest BCUT2D eigenvalue weighted by molar-refractivity contribution is 6.01. The molecule has 21 heavy (non-hydrogen) atoms. The van der Waals surface area contributed by atoms with Crippen LogP contribution in [0.3, 0.4) is 0 Å². The number of hydrogen-bond acceptors (Lipinski definition) is 2. The predicted octanol–water partition coefficient (Wildman–Crippen LogP) is 3.33. The second kappa shape index (κ2) is 6.83. The van der Waals surface area contributed by atoms with Crippen molar-refractivity contribution in [2.75, 3.05) is 5.32 Å². The molecule has 0 atom stereocenters. The second-order valence-electron chi connectivity index (χ2n) is 5.17. The molecular formula is C16H18FN3O. The van der Waals surface area contributed by atoms with Crippen molar-refractivity contribution in [3.8, 4) is 0 Å². The first kappa shape index (κ1) is 15.0. The zero-order valence-corrected chi connectivity index (χ0v) is 12.1. The van der Waals surface area contributed by atoms with Crippen LogP contribution >= 0.6 is 0 Å². The maximum atomic E-state index is 13.0. The van der Waals surface area contributed by atoms with Gasteiger partial charge < -0.3 is 5.32 Å². The van der Waals surface area contributed by atoms with Gasteiger partial charge >= 0.3 is 0 Å². The Hall–Kier alpha value is -2.43. The zero-order chi connectivity index (χ0) is 15.2. The number of halogens is 1. The van der Waals surface area contributed by atoms with Crippen molar-refractivity contribution in [1.29, 1.82) is 0 Å². The van der Waals surface area contributed by atoms with Crippen LogP contribution in [0.25, 0.3) is 6.08 Å². The van der Waals surface area contributed by atoms with Gasteiger partial charge in [0.05, 0.1) is 6.20 Å². The standard InChI is InChI=1S/C16H18FN3O/c1-12(2)11-20-15(8-9-18-20)19-16(21)7-6-13-4-3-5-14(17)10-13/h3-10,12H,11H2,1-2H3,(H,19,21)/b7-6+. The summed E-state index contributed by atoms with van der Waals surface area (Å²) in [5.74, 6) is 0.485. The van der Waals surface area contributed by atoms with Crippen LogP contribution in [0.2, 0.25) is 0 Å². The van der Waals surface area contributed by atoms with E-state index in [9.17, 15) is 9.18 Å². The molecule has 0 bridgehead atoms. The van der Waals surface area contributed by atoms with Gasteiger partial charge in [-0.15, -0.1) is 0 Å². The quantitative estimate of drug-likeness (QED) is 0.857. The maximum absolute atomic E-state index is 13.0. The minimum atomic E-state index is -0.326. The Labute approximate surface area is 123 Å². The van der Waals surface area contributed by atoms with Crippen LogP contribution in [0.15, 0.2) is 42.6 Å². The second-order valence-corrected chi connectivity index (χ2v) is 5.17. The Bertz CT molecular complexity index is 646. The van der Waals surface area contributed by atoms with E-state index in [-0.39, 0.29) is 11.7 Å². The van der Waals surface area contributed by atoms with Crippen LogP contribution in [-0.4, -0.2) is 15.7 Å². The van der Waals surface area contributed by atoms with E-state index in [0.717, 1.165) is 6.54 Å². The molecule has 1 amide bonds. The molecule has 0 fully saturated rings. The van der Waals surface area contributed by atoms with E-state index in [2.05, 4.69) is 24.3 Å². The Morgan fingerprint density at radius 3 is 2.95 bits per heavy atom. The largest absolute Gasteiger partial charge is 0.307 e. The maximum Gasteiger partial charge on any atom is 0.249 e. The molecule has 0 radical (unpaired) electrons. The number of benzene rings is 1. The van der Waals surface area contributed by atoms with Gasteiger partial charge in [-0.1, -0.05) is 26.0 Å². The fourth-order valence-corrected chi connectivity index (χ4v) is 1.88. The van der Waals surface area contributed by atoms with E-state index in [1.54, 1.807) is 35.2 Å². The first-order valence-corrected chi connectivity index (χ1v) is 6.81. The van der Waals surface area contributed by atoms with Crippen LogP contribution in [0.5, 0.6) is 0 Å². The molecule has 0 aliphatic heterocycles. The number of hydrogen-bond donors (Lipinski definition) is 1. The summed E-state index contributed by atoms with van der Waals surface area (Å²) in [6.45, 7) is 4.89. The average Bonchev–Trinajstić information content (AvgIpc) is 2.83. The van der Waals surface area contributed by atoms with E-state index >= 15 is 0 Å². The molecule has 1 N–H and O–H groups in total. The van der Waals surface area contributed by atoms with Crippen LogP contribution < -0.4 is 5.32 Å². The van der Waals surface area contributed by atoms with Gasteiger partial charge in [-0.2, -0.15) is 5.10 Å². The molecule has 1 aromatic heterocycles. The number of rotatable bonds is 5. The van der Waals surface area contributed by atoms with Crippen molar-refractivity contribution in [3.05, 3.63) is 54.0 Å². The van der Waals surface area contributed by atoms with Gasteiger partial charge in [0.25, 0.3) is 0 Å². The van der Waals surface area contributed by atoms with Crippen LogP contribution in [-0.2, 0) is 11.3 Å². The van der Waals surface area contributed by atoms with Crippen molar-refractivity contribution in [1.82, 2.24) is 9.78 Å². The van der Waals surface area contributed by atoms with Crippen molar-refractivity contribution in [2.24, 2.45) is 5.92 Å². The zero-order valence-electron chi connectivity index (χ0n) is 12.1. The molecular weight excluding hydrogens is 269 g/mol. The molecule has 1 heterocycles. The summed E-state index contributed by atoms with van der Waals surface area (Å²) in [5.41, 5.74) is 0.640. The van der Waals surface area contributed by atoms with Gasteiger partial charge in [0.1, 0.15) is 11.6 Å². The summed E-state index contributed by atoms with van der Waals surface area (Å²) in [7, 11) is 0. The van der Waals surface area contributed by atoms with Crippen LogP contribution in [0.1, 0.15) is 19.4 Å². The third-order valence-electron chi connectivity index (χ3n) is 2.78. The van der Waals surface area contributed by atoms with E-state index in [1.807, 2.05) is 0 Å². The topological polar surface area (TPSA) is 46.9 Å². The molecule has 5 heteroatoms. The smallest absolute Gasteiger partial charge is 0.249 e. The van der Waals surface area contributed by atoms with Crippen molar-refractivity contribution in [3.63, 3.8) is 0 Å². The lowest BCUT2D eigenvalue weighted by atomic mass is 10.2. The number of amides is 1. The Morgan fingerprint density at radius 1 is 1.43 bits per heavy atom. The molecule has 0 saturated carbocycles. The number of nitrogens with one attached hydrogen (secondary N) is 1. The summed E-state index contributed by atoms with van der Waals surface area (Å²) < 4.78 is 14.8. The van der Waals surface area contributed by atoms with E-state index in [1.165, 1.54) is 18.2 Å². The summed E-state index contributed by atoms with van der Waals surface area (Å²) in [5, 5.41) is 6.93. The van der Waals surface area contributed by atoms with Crippen molar-refractivity contribution in [2.45, 2.75) is 20.4 Å². The van der Waals surface area contributed by atoms with Gasteiger partial charge in [-0.25, -0.2) is 9.07 Å². The fourth-order valence-electron chi connectivity index (χ4n) is 1.88. The fraction of sp³-hybridized carbons (Fsp3) is 0.250. The van der Waals surface area contributed by atoms with Gasteiger partial charge in [-0.05, 0) is 29.7 Å². The first-order chi connectivity index (χ1) is 10.0. The molecule has 2 aromatic rings. The third-order valence-corrected chi connectivity index (χ3v) is 2.78. The lowest BCUT2D eigenvalue weighted by Gasteiger charge is -2.09. The molecule has 0 saturated heterocycles. The van der Waals surface area contributed by atoms with E-state index in [4.69, 9.17) is 0 Å². The molecule has 110 valence electrons. The molecule has 0 spiro atoms. The summed E-state index contributed by atoms with van der Waals surface area (Å²) in [6, 6.07) is 7.81. The van der Waals surface area contributed by atoms with Gasteiger partial charge in [-0.3, -0.25) is 4.79 Å². The monoisotopic (exact) mass is 287 g/mol. The number of carbonyl (C=O) groups excluding carboxylic acids is 1. The number of anilines is 1. The highest BCUT2D eigenvalue weighted by atomic mass is 19.1. The predicted molar refractivity (Wildman–Crippen MR) is 81.1 cm³/mol. The van der Waals surface area contributed by atoms with Crippen molar-refractivity contribution < 1.29 is 9.18 Å². The number of aromatic nitrogens is 2. The van der Waals surface area contributed by atoms with Crippen molar-refractivity contribution >= 4 is 17.8 Å². The Kier molecular flexibility index (Phi) is 4.87. The first-order valence-electron chi connectivity index (χ1n) is 6.81. The molecule has 0 aliphatic rings. The lowest BCUT2D eigenvalue weighted by molar-refractivity contribution is -0.111. The Balaban J connectivity index is 2.00. The highest BCUT2D eigenvalue weighted by Gasteiger charge is 2.06. The molecule has 2 rings (SSSR count). The minimum Gasteiger partial charge on any atom is -0.307 e. The summed E-state index contributed by atoms with van der Waals surface area (Å²) in [4.78, 5) is 11.9. The van der Waals surface area contributed by atoms with Gasteiger partial charge in [0, 0.05) is 18.7 Å². The van der Waals surface area contributed by atoms with Gasteiger partial charge in [0.15, 0.2) is 0 Å². The van der Waals surface area contributed by atoms with E-state index in [0.29, 0.717) is 17.3 Å². The number of nitrogens with zero attached hydrogens (tertiary/aromatic N) is 2. The van der Waals surface area contributed by atoms with Crippen LogP contribution in [0, 0.1) is 11.7 Å². The third kappa shape index (κ3) is 4.56. The lowest BCUT2D eigenvalue weighted by Crippen LogP contribution is -2.15. The number of carbonyl (C=O) groups is 1. The molecule has 1 aromatic carbocycles. The summed E-state index contributed by atoms with van der Waals surface area (Å²) in [6.07, 6.45) is 4.59. The average molecular weight is 287 g/mol. The normalized spacial score (nSPS) is 11.2. The Morgan fingerprint density at radius 2 is 2.24 bits per heavy atom. The molecule has 0 aliphatic carbocycles. The minimum absolute atomic E-state index is 0.273. The molecule has 4 nitrogen and oxygen atoms in total. The van der Waals surface area contributed by atoms with Crippen LogP contribution in [0.4, 0.5) is 10.2 Å². The summed E-state index contributed by atoms with van der Waals surface area (Å²) >= 11 is 0. The highest BCUT2D eigenvalue weighted by Crippen LogP contribution is 2.10.